The molecule has 0 saturated heterocycles. The van der Waals surface area contributed by atoms with Gasteiger partial charge in [0.1, 0.15) is 28.0 Å². The van der Waals surface area contributed by atoms with Crippen LogP contribution in [-0.4, -0.2) is 48.2 Å². The van der Waals surface area contributed by atoms with Gasteiger partial charge in [0.05, 0.1) is 48.8 Å². The number of carbonyl (C=O) groups is 3. The molecule has 7 heterocycles. The van der Waals surface area contributed by atoms with Crippen LogP contribution in [0.4, 0.5) is 0 Å². The molecule has 0 radical (unpaired) electrons. The molecule has 0 amide bonds. The molecular weight excluding hydrogens is 2540 g/mol. The van der Waals surface area contributed by atoms with Crippen LogP contribution >= 0.6 is 271 Å². The van der Waals surface area contributed by atoms with E-state index in [1.807, 2.05) is 166 Å². The third kappa shape index (κ3) is 11.3. The van der Waals surface area contributed by atoms with Crippen molar-refractivity contribution in [1.29, 1.82) is 0 Å². The summed E-state index contributed by atoms with van der Waals surface area (Å²) in [7, 11) is 0. The Bertz CT molecular complexity index is 5320. The highest BCUT2D eigenvalue weighted by atomic mass is 127. The van der Waals surface area contributed by atoms with E-state index in [1.165, 1.54) is 0 Å². The summed E-state index contributed by atoms with van der Waals surface area (Å²) >= 11 is 17.2. The Hall–Kier alpha value is -0.975. The van der Waals surface area contributed by atoms with E-state index >= 15 is 4.79 Å². The second-order valence-electron chi connectivity index (χ2n) is 19.5. The summed E-state index contributed by atoms with van der Waals surface area (Å²) in [6.45, 7) is 0. The van der Waals surface area contributed by atoms with Gasteiger partial charge in [0.15, 0.2) is 34.0 Å². The van der Waals surface area contributed by atoms with E-state index < -0.39 is 48.2 Å². The number of hydrogen-bond donors (Lipinski definition) is 0. The molecule has 89 heavy (non-hydrogen) atoms. The molecule has 29 heteroatoms. The third-order valence-electron chi connectivity index (χ3n) is 14.5. The summed E-state index contributed by atoms with van der Waals surface area (Å²) in [6, 6.07) is 31.7. The van der Waals surface area contributed by atoms with Gasteiger partial charge in [-0.2, -0.15) is 0 Å². The molecule has 0 spiro atoms. The van der Waals surface area contributed by atoms with Gasteiger partial charge < -0.3 is 36.0 Å². The molecule has 8 bridgehead atoms. The van der Waals surface area contributed by atoms with Gasteiger partial charge in [0.25, 0.3) is 0 Å². The first kappa shape index (κ1) is 65.3. The quantitative estimate of drug-likeness (QED) is 0.0895. The number of fused-ring (bicyclic) bond motifs is 12. The van der Waals surface area contributed by atoms with Gasteiger partial charge in [-0.1, -0.05) is 54.6 Å². The Kier molecular flexibility index (Phi) is 18.9. The second kappa shape index (κ2) is 25.8. The van der Waals surface area contributed by atoms with Crippen molar-refractivity contribution in [2.24, 2.45) is 0 Å². The summed E-state index contributed by atoms with van der Waals surface area (Å²) in [5.74, 6) is -0.639. The van der Waals surface area contributed by atoms with Gasteiger partial charge in [-0.05, 0) is 342 Å². The highest BCUT2D eigenvalue weighted by Crippen LogP contribution is 2.52. The van der Waals surface area contributed by atoms with Crippen molar-refractivity contribution in [1.82, 2.24) is 0 Å². The first-order valence-electron chi connectivity index (χ1n) is 25.3. The molecular formula is C60H18Al2I12O15. The molecule has 0 fully saturated rings. The highest BCUT2D eigenvalue weighted by Gasteiger charge is 2.52. The maximum atomic E-state index is 15.3. The minimum Gasteiger partial charge on any atom is -0.576 e. The second-order valence-corrected chi connectivity index (χ2v) is 35.5. The zero-order chi connectivity index (χ0) is 62.5. The van der Waals surface area contributed by atoms with Gasteiger partial charge in [-0.3, -0.25) is 14.4 Å². The molecule has 0 N–H and O–H groups in total. The number of rotatable bonds is 5. The van der Waals surface area contributed by atoms with Crippen molar-refractivity contribution in [3.05, 3.63) is 199 Å². The summed E-state index contributed by atoms with van der Waals surface area (Å²) in [4.78, 5) is 85.5. The van der Waals surface area contributed by atoms with Crippen molar-refractivity contribution in [3.63, 3.8) is 0 Å². The largest absolute Gasteiger partial charge is 1.20 e. The molecule has 10 aliphatic rings. The number of halogens is 12. The van der Waals surface area contributed by atoms with Crippen molar-refractivity contribution in [2.45, 2.75) is 0 Å². The molecule has 3 aliphatic carbocycles. The summed E-state index contributed by atoms with van der Waals surface area (Å²) in [5.41, 5.74) is 5.87. The molecule has 6 aromatic rings. The van der Waals surface area contributed by atoms with Gasteiger partial charge in [0, 0.05) is 49.5 Å². The Labute approximate surface area is 674 Å². The SMILES string of the molecule is O=C1[O][Al]([O]C(=O)c2ccccc2-c2c3cc(I)c(=O)c(I)c-3oc3c(I)c([O][Al]4[O]C(=O)c5ccccc5-c5c6cc(I)c(=O)c(I)c-6oc6c(I)c(c(I)cc56)[O]4)c(I)cc23)[O]c2c(I)cc3c(c4cc(I)c(=O)c(I)c-4oc3c2I)-c2ccccc21. The molecule has 438 valence electrons. The zero-order valence-electron chi connectivity index (χ0n) is 43.2. The topological polar surface area (TPSA) is 197 Å². The molecule has 0 atom stereocenters. The average Bonchev–Trinajstić information content (AvgIpc) is 1.37. The van der Waals surface area contributed by atoms with Gasteiger partial charge >= 0.3 is 48.2 Å². The predicted octanol–water partition coefficient (Wildman–Crippen LogP) is 18.6. The Morgan fingerprint density at radius 3 is 1.17 bits per heavy atom. The van der Waals surface area contributed by atoms with Gasteiger partial charge in [0.2, 0.25) is 16.3 Å². The van der Waals surface area contributed by atoms with Crippen LogP contribution in [0, 0.1) is 42.8 Å². The first-order valence-corrected chi connectivity index (χ1v) is 41.1. The van der Waals surface area contributed by atoms with E-state index in [2.05, 4.69) is 136 Å². The van der Waals surface area contributed by atoms with E-state index in [1.54, 1.807) is 78.9 Å². The molecule has 0 saturated carbocycles. The predicted molar refractivity (Wildman–Crippen MR) is 436 cm³/mol. The maximum Gasteiger partial charge on any atom is 1.20 e. The van der Waals surface area contributed by atoms with E-state index in [0.29, 0.717) is 134 Å². The number of carbonyl (C=O) groups excluding carboxylic acids is 3. The fraction of sp³-hybridized carbons (Fsp3) is 0. The zero-order valence-corrected chi connectivity index (χ0v) is 71.4. The minimum atomic E-state index is -3.94. The van der Waals surface area contributed by atoms with Crippen molar-refractivity contribution < 1.29 is 50.4 Å². The van der Waals surface area contributed by atoms with Crippen LogP contribution in [0.5, 0.6) is 17.2 Å². The summed E-state index contributed by atoms with van der Waals surface area (Å²) in [6.07, 6.45) is 0. The number of benzene rings is 9. The van der Waals surface area contributed by atoms with Gasteiger partial charge in [-0.25, -0.2) is 14.4 Å². The number of hydrogen-bond acceptors (Lipinski definition) is 15. The normalized spacial score (nSPS) is 13.0. The Morgan fingerprint density at radius 1 is 0.360 bits per heavy atom. The summed E-state index contributed by atoms with van der Waals surface area (Å²) in [5, 5.41) is 1.86. The average molecular weight is 2560 g/mol. The Morgan fingerprint density at radius 2 is 0.719 bits per heavy atom. The van der Waals surface area contributed by atoms with E-state index in [9.17, 15) is 24.0 Å². The van der Waals surface area contributed by atoms with Crippen LogP contribution in [-0.2, 0) is 11.4 Å². The minimum absolute atomic E-state index is 0.0597. The Balaban J connectivity index is 0.889. The lowest BCUT2D eigenvalue weighted by Crippen LogP contribution is -2.37. The van der Waals surface area contributed by atoms with Crippen molar-refractivity contribution in [2.75, 3.05) is 0 Å². The lowest BCUT2D eigenvalue weighted by atomic mass is 9.91. The van der Waals surface area contributed by atoms with Crippen LogP contribution in [0.3, 0.4) is 0 Å². The lowest BCUT2D eigenvalue weighted by molar-refractivity contribution is 0.0527. The molecule has 6 aromatic carbocycles. The molecule has 0 aromatic heterocycles. The summed E-state index contributed by atoms with van der Waals surface area (Å²) < 4.78 is 65.1. The molecule has 15 nitrogen and oxygen atoms in total. The molecule has 16 rings (SSSR count). The molecule has 7 aliphatic heterocycles. The lowest BCUT2D eigenvalue weighted by Gasteiger charge is -2.22. The van der Waals surface area contributed by atoms with E-state index in [4.69, 9.17) is 36.0 Å². The van der Waals surface area contributed by atoms with Crippen LogP contribution in [0.2, 0.25) is 0 Å². The maximum absolute atomic E-state index is 15.3. The molecule has 0 unspecified atom stereocenters. The monoisotopic (exact) mass is 2550 g/mol. The van der Waals surface area contributed by atoms with Crippen LogP contribution in [0.25, 0.3) is 100 Å². The van der Waals surface area contributed by atoms with Crippen LogP contribution in [0.15, 0.2) is 137 Å². The first-order chi connectivity index (χ1) is 42.6. The van der Waals surface area contributed by atoms with Crippen LogP contribution in [0.1, 0.15) is 31.1 Å². The van der Waals surface area contributed by atoms with Crippen molar-refractivity contribution in [3.8, 4) is 84.6 Å². The smallest absolute Gasteiger partial charge is 0.576 e. The van der Waals surface area contributed by atoms with E-state index in [0.717, 1.165) is 0 Å². The van der Waals surface area contributed by atoms with Crippen molar-refractivity contribution >= 4 is 352 Å². The third-order valence-corrected chi connectivity index (χ3v) is 27.7. The highest BCUT2D eigenvalue weighted by molar-refractivity contribution is 14.1. The standard InChI is InChI=1S/3C20H8I4O5.2Al/c3*21-11-5-9-13(7-3-1-2-4-8(7)20(27)28)10-6-12(22)17(26)15(24)19(10)29-18(9)14(23)16(11)25;;/h3*1-6,25H,(H,27,28);;/q;;;2*+3/p-6. The fourth-order valence-corrected chi connectivity index (χ4v) is 26.1. The van der Waals surface area contributed by atoms with Gasteiger partial charge in [-0.15, -0.1) is 0 Å². The fourth-order valence-electron chi connectivity index (χ4n) is 10.7. The van der Waals surface area contributed by atoms with Crippen LogP contribution < -0.4 is 27.7 Å². The van der Waals surface area contributed by atoms with E-state index in [-0.39, 0.29) is 59.4 Å².